The van der Waals surface area contributed by atoms with Crippen LogP contribution in [0.1, 0.15) is 33.1 Å². The third kappa shape index (κ3) is 6.32. The van der Waals surface area contributed by atoms with Crippen molar-refractivity contribution in [3.05, 3.63) is 0 Å². The van der Waals surface area contributed by atoms with Gasteiger partial charge in [0.2, 0.25) is 5.91 Å². The average molecular weight is 298 g/mol. The number of nitrogens with two attached hydrogens (primary N) is 1. The van der Waals surface area contributed by atoms with Gasteiger partial charge in [-0.3, -0.25) is 4.79 Å². The minimum atomic E-state index is -0.358. The molecule has 1 unspecified atom stereocenters. The number of amides is 1. The maximum atomic E-state index is 12.2. The molecule has 2 N–H and O–H groups in total. The van der Waals surface area contributed by atoms with Crippen molar-refractivity contribution >= 4 is 5.91 Å². The lowest BCUT2D eigenvalue weighted by Gasteiger charge is -2.36. The molecule has 21 heavy (non-hydrogen) atoms. The highest BCUT2D eigenvalue weighted by atomic mass is 16.2. The second kappa shape index (κ2) is 8.71. The van der Waals surface area contributed by atoms with E-state index in [0.717, 1.165) is 19.5 Å². The Bertz CT molecular complexity index is 313. The predicted molar refractivity (Wildman–Crippen MR) is 88.2 cm³/mol. The molecule has 0 aliphatic carbocycles. The molecule has 0 aromatic carbocycles. The molecule has 1 saturated heterocycles. The van der Waals surface area contributed by atoms with E-state index in [9.17, 15) is 4.79 Å². The number of likely N-dealkylation sites (N-methyl/N-ethyl adjacent to an activating group) is 2. The summed E-state index contributed by atoms with van der Waals surface area (Å²) < 4.78 is 0. The molecule has 1 atom stereocenters. The van der Waals surface area contributed by atoms with Crippen molar-refractivity contribution < 1.29 is 4.79 Å². The first-order valence-electron chi connectivity index (χ1n) is 8.20. The Kier molecular flexibility index (Phi) is 7.63. The van der Waals surface area contributed by atoms with Gasteiger partial charge in [0.15, 0.2) is 0 Å². The van der Waals surface area contributed by atoms with Crippen molar-refractivity contribution in [2.75, 3.05) is 47.3 Å². The Morgan fingerprint density at radius 2 is 1.81 bits per heavy atom. The zero-order chi connectivity index (χ0) is 16.0. The summed E-state index contributed by atoms with van der Waals surface area (Å²) in [4.78, 5) is 18.7. The summed E-state index contributed by atoms with van der Waals surface area (Å²) in [7, 11) is 6.21. The predicted octanol–water partition coefficient (Wildman–Crippen LogP) is 0.844. The van der Waals surface area contributed by atoms with Gasteiger partial charge in [-0.1, -0.05) is 13.8 Å². The van der Waals surface area contributed by atoms with Gasteiger partial charge >= 0.3 is 0 Å². The molecule has 0 spiro atoms. The highest BCUT2D eigenvalue weighted by Crippen LogP contribution is 2.14. The van der Waals surface area contributed by atoms with Gasteiger partial charge in [0.25, 0.3) is 0 Å². The fourth-order valence-electron chi connectivity index (χ4n) is 2.93. The molecule has 0 radical (unpaired) electrons. The SMILES string of the molecule is CC(C)CC(N)C(=O)N(C)CCN(C)C1CCN(C)CC1. The van der Waals surface area contributed by atoms with Crippen LogP contribution >= 0.6 is 0 Å². The number of carbonyl (C=O) groups excluding carboxylic acids is 1. The Balaban J connectivity index is 2.31. The third-order valence-electron chi connectivity index (χ3n) is 4.52. The number of piperidine rings is 1. The number of carbonyl (C=O) groups is 1. The molecule has 1 heterocycles. The topological polar surface area (TPSA) is 52.8 Å². The van der Waals surface area contributed by atoms with E-state index < -0.39 is 0 Å². The first kappa shape index (κ1) is 18.4. The Morgan fingerprint density at radius 1 is 1.24 bits per heavy atom. The normalized spacial score (nSPS) is 19.2. The summed E-state index contributed by atoms with van der Waals surface area (Å²) in [6.07, 6.45) is 3.20. The zero-order valence-electron chi connectivity index (χ0n) is 14.5. The number of hydrogen-bond acceptors (Lipinski definition) is 4. The Hall–Kier alpha value is -0.650. The van der Waals surface area contributed by atoms with E-state index in [1.165, 1.54) is 25.9 Å². The summed E-state index contributed by atoms with van der Waals surface area (Å²) in [5.74, 6) is 0.528. The van der Waals surface area contributed by atoms with Gasteiger partial charge in [-0.15, -0.1) is 0 Å². The smallest absolute Gasteiger partial charge is 0.239 e. The van der Waals surface area contributed by atoms with Crippen LogP contribution < -0.4 is 5.73 Å². The number of hydrogen-bond donors (Lipinski definition) is 1. The van der Waals surface area contributed by atoms with Crippen LogP contribution in [-0.4, -0.2) is 80.0 Å². The number of nitrogens with zero attached hydrogens (tertiary/aromatic N) is 3. The Labute approximate surface area is 130 Å². The molecule has 1 rings (SSSR count). The minimum absolute atomic E-state index is 0.0699. The van der Waals surface area contributed by atoms with Crippen LogP contribution in [0.4, 0.5) is 0 Å². The van der Waals surface area contributed by atoms with Crippen LogP contribution in [0.5, 0.6) is 0 Å². The van der Waals surface area contributed by atoms with Crippen molar-refractivity contribution in [1.29, 1.82) is 0 Å². The monoisotopic (exact) mass is 298 g/mol. The zero-order valence-corrected chi connectivity index (χ0v) is 14.5. The van der Waals surface area contributed by atoms with E-state index in [0.29, 0.717) is 12.0 Å². The highest BCUT2D eigenvalue weighted by Gasteiger charge is 2.22. The Morgan fingerprint density at radius 3 is 2.33 bits per heavy atom. The van der Waals surface area contributed by atoms with Crippen LogP contribution in [-0.2, 0) is 4.79 Å². The molecule has 0 aromatic rings. The van der Waals surface area contributed by atoms with E-state index >= 15 is 0 Å². The third-order valence-corrected chi connectivity index (χ3v) is 4.52. The van der Waals surface area contributed by atoms with Gasteiger partial charge in [0, 0.05) is 26.2 Å². The maximum Gasteiger partial charge on any atom is 0.239 e. The van der Waals surface area contributed by atoms with E-state index in [2.05, 4.69) is 37.7 Å². The highest BCUT2D eigenvalue weighted by molar-refractivity contribution is 5.81. The first-order chi connectivity index (χ1) is 9.81. The van der Waals surface area contributed by atoms with E-state index in [-0.39, 0.29) is 11.9 Å². The second-order valence-electron chi connectivity index (χ2n) is 7.01. The average Bonchev–Trinajstić information content (AvgIpc) is 2.43. The quantitative estimate of drug-likeness (QED) is 0.757. The van der Waals surface area contributed by atoms with Crippen LogP contribution in [0.2, 0.25) is 0 Å². The van der Waals surface area contributed by atoms with Crippen molar-refractivity contribution in [3.8, 4) is 0 Å². The molecular weight excluding hydrogens is 264 g/mol. The van der Waals surface area contributed by atoms with Gasteiger partial charge in [0.1, 0.15) is 0 Å². The first-order valence-corrected chi connectivity index (χ1v) is 8.20. The number of likely N-dealkylation sites (tertiary alicyclic amines) is 1. The van der Waals surface area contributed by atoms with Gasteiger partial charge < -0.3 is 20.4 Å². The second-order valence-corrected chi connectivity index (χ2v) is 7.01. The summed E-state index contributed by atoms with van der Waals surface area (Å²) in [5.41, 5.74) is 5.97. The molecular formula is C16H34N4O. The molecule has 1 aliphatic rings. The van der Waals surface area contributed by atoms with Crippen molar-refractivity contribution in [2.24, 2.45) is 11.7 Å². The van der Waals surface area contributed by atoms with Gasteiger partial charge in [0.05, 0.1) is 6.04 Å². The summed E-state index contributed by atoms with van der Waals surface area (Å²) in [6, 6.07) is 0.290. The standard InChI is InChI=1S/C16H34N4O/c1-13(2)12-15(17)16(21)20(5)11-10-19(4)14-6-8-18(3)9-7-14/h13-15H,6-12,17H2,1-5H3. The van der Waals surface area contributed by atoms with Crippen LogP contribution in [0.3, 0.4) is 0 Å². The molecule has 1 amide bonds. The minimum Gasteiger partial charge on any atom is -0.343 e. The fourth-order valence-corrected chi connectivity index (χ4v) is 2.93. The molecule has 5 nitrogen and oxygen atoms in total. The lowest BCUT2D eigenvalue weighted by Crippen LogP contribution is -2.47. The summed E-state index contributed by atoms with van der Waals surface area (Å²) >= 11 is 0. The van der Waals surface area contributed by atoms with Crippen molar-refractivity contribution in [3.63, 3.8) is 0 Å². The number of rotatable bonds is 7. The molecule has 124 valence electrons. The van der Waals surface area contributed by atoms with E-state index in [4.69, 9.17) is 5.73 Å². The van der Waals surface area contributed by atoms with E-state index in [1.54, 1.807) is 4.90 Å². The molecule has 0 saturated carbocycles. The molecule has 0 bridgehead atoms. The van der Waals surface area contributed by atoms with Gasteiger partial charge in [-0.25, -0.2) is 0 Å². The summed E-state index contributed by atoms with van der Waals surface area (Å²) in [5, 5.41) is 0. The van der Waals surface area contributed by atoms with Crippen molar-refractivity contribution in [2.45, 2.75) is 45.2 Å². The van der Waals surface area contributed by atoms with Crippen LogP contribution in [0.25, 0.3) is 0 Å². The molecule has 5 heteroatoms. The largest absolute Gasteiger partial charge is 0.343 e. The lowest BCUT2D eigenvalue weighted by molar-refractivity contribution is -0.131. The van der Waals surface area contributed by atoms with E-state index in [1.807, 2.05) is 7.05 Å². The van der Waals surface area contributed by atoms with Crippen molar-refractivity contribution in [1.82, 2.24) is 14.7 Å². The molecule has 1 fully saturated rings. The maximum absolute atomic E-state index is 12.2. The van der Waals surface area contributed by atoms with Crippen LogP contribution in [0, 0.1) is 5.92 Å². The molecule has 0 aromatic heterocycles. The van der Waals surface area contributed by atoms with Gasteiger partial charge in [-0.2, -0.15) is 0 Å². The lowest BCUT2D eigenvalue weighted by atomic mass is 10.0. The van der Waals surface area contributed by atoms with Gasteiger partial charge in [-0.05, 0) is 52.4 Å². The van der Waals surface area contributed by atoms with Crippen LogP contribution in [0.15, 0.2) is 0 Å². The fraction of sp³-hybridized carbons (Fsp3) is 0.938. The summed E-state index contributed by atoms with van der Waals surface area (Å²) in [6.45, 7) is 8.21. The molecule has 1 aliphatic heterocycles.